The summed E-state index contributed by atoms with van der Waals surface area (Å²) in [4.78, 5) is 26.8. The standard InChI is InChI=1S/C17H22N2O2/c1-3-11-8-13-14(9-11)17(21)19(16(13)20)15-7-5-4-6-12(15)10(2)18/h4-7,10-11,13-14H,3,8-9,18H2,1-2H3. The van der Waals surface area contributed by atoms with E-state index in [1.54, 1.807) is 0 Å². The Balaban J connectivity index is 1.96. The minimum atomic E-state index is -0.203. The van der Waals surface area contributed by atoms with E-state index in [9.17, 15) is 9.59 Å². The Morgan fingerprint density at radius 2 is 1.76 bits per heavy atom. The molecule has 1 saturated heterocycles. The van der Waals surface area contributed by atoms with Gasteiger partial charge in [0.25, 0.3) is 0 Å². The predicted molar refractivity (Wildman–Crippen MR) is 81.5 cm³/mol. The van der Waals surface area contributed by atoms with Gasteiger partial charge in [0.1, 0.15) is 0 Å². The van der Waals surface area contributed by atoms with Gasteiger partial charge in [-0.1, -0.05) is 31.5 Å². The second-order valence-corrected chi connectivity index (χ2v) is 6.32. The number of hydrogen-bond donors (Lipinski definition) is 1. The second-order valence-electron chi connectivity index (χ2n) is 6.32. The van der Waals surface area contributed by atoms with Crippen molar-refractivity contribution in [1.82, 2.24) is 0 Å². The Kier molecular flexibility index (Phi) is 3.57. The zero-order chi connectivity index (χ0) is 15.1. The van der Waals surface area contributed by atoms with Crippen LogP contribution in [-0.2, 0) is 9.59 Å². The summed E-state index contributed by atoms with van der Waals surface area (Å²) in [5.74, 6) is 0.203. The van der Waals surface area contributed by atoms with E-state index >= 15 is 0 Å². The van der Waals surface area contributed by atoms with Gasteiger partial charge >= 0.3 is 0 Å². The van der Waals surface area contributed by atoms with Crippen molar-refractivity contribution in [1.29, 1.82) is 0 Å². The fourth-order valence-electron chi connectivity index (χ4n) is 3.78. The molecule has 2 N–H and O–H groups in total. The Hall–Kier alpha value is -1.68. The van der Waals surface area contributed by atoms with Crippen molar-refractivity contribution in [2.75, 3.05) is 4.90 Å². The van der Waals surface area contributed by atoms with E-state index < -0.39 is 0 Å². The molecule has 1 aromatic carbocycles. The highest BCUT2D eigenvalue weighted by Crippen LogP contribution is 2.46. The number of carbonyl (C=O) groups is 2. The first-order valence-corrected chi connectivity index (χ1v) is 7.76. The maximum Gasteiger partial charge on any atom is 0.237 e. The van der Waals surface area contributed by atoms with Crippen LogP contribution in [0.3, 0.4) is 0 Å². The lowest BCUT2D eigenvalue weighted by Crippen LogP contribution is -2.33. The predicted octanol–water partition coefficient (Wildman–Crippen LogP) is 2.63. The number of imide groups is 1. The molecule has 4 nitrogen and oxygen atoms in total. The highest BCUT2D eigenvalue weighted by Gasteiger charge is 2.53. The fourth-order valence-corrected chi connectivity index (χ4v) is 3.78. The van der Waals surface area contributed by atoms with E-state index in [1.165, 1.54) is 4.90 Å². The zero-order valence-electron chi connectivity index (χ0n) is 12.6. The molecule has 1 aliphatic carbocycles. The number of nitrogens with zero attached hydrogens (tertiary/aromatic N) is 1. The number of carbonyl (C=O) groups excluding carboxylic acids is 2. The van der Waals surface area contributed by atoms with Crippen LogP contribution in [0.25, 0.3) is 0 Å². The number of nitrogens with two attached hydrogens (primary N) is 1. The Morgan fingerprint density at radius 1 is 1.19 bits per heavy atom. The SMILES string of the molecule is CCC1CC2C(=O)N(c3ccccc3C(C)N)C(=O)C2C1. The summed E-state index contributed by atoms with van der Waals surface area (Å²) in [6.07, 6.45) is 2.75. The summed E-state index contributed by atoms with van der Waals surface area (Å²) in [6, 6.07) is 7.26. The van der Waals surface area contributed by atoms with Crippen molar-refractivity contribution in [2.45, 2.75) is 39.2 Å². The van der Waals surface area contributed by atoms with Crippen molar-refractivity contribution >= 4 is 17.5 Å². The lowest BCUT2D eigenvalue weighted by Gasteiger charge is -2.22. The smallest absolute Gasteiger partial charge is 0.237 e. The van der Waals surface area contributed by atoms with Gasteiger partial charge in [-0.3, -0.25) is 9.59 Å². The largest absolute Gasteiger partial charge is 0.324 e. The lowest BCUT2D eigenvalue weighted by molar-refractivity contribution is -0.123. The molecule has 1 saturated carbocycles. The van der Waals surface area contributed by atoms with Crippen LogP contribution in [0.4, 0.5) is 5.69 Å². The second kappa shape index (κ2) is 5.26. The van der Waals surface area contributed by atoms with Gasteiger partial charge < -0.3 is 5.73 Å². The van der Waals surface area contributed by atoms with Crippen molar-refractivity contribution < 1.29 is 9.59 Å². The van der Waals surface area contributed by atoms with E-state index in [-0.39, 0.29) is 29.7 Å². The van der Waals surface area contributed by atoms with E-state index in [2.05, 4.69) is 6.92 Å². The van der Waals surface area contributed by atoms with Crippen molar-refractivity contribution in [3.8, 4) is 0 Å². The average molecular weight is 286 g/mol. The highest BCUT2D eigenvalue weighted by atomic mass is 16.2. The molecular weight excluding hydrogens is 264 g/mol. The van der Waals surface area contributed by atoms with Gasteiger partial charge in [-0.2, -0.15) is 0 Å². The monoisotopic (exact) mass is 286 g/mol. The van der Waals surface area contributed by atoms with Gasteiger partial charge in [0, 0.05) is 6.04 Å². The molecule has 0 aromatic heterocycles. The van der Waals surface area contributed by atoms with Crippen LogP contribution >= 0.6 is 0 Å². The number of rotatable bonds is 3. The van der Waals surface area contributed by atoms with E-state index in [0.29, 0.717) is 11.6 Å². The molecule has 3 rings (SSSR count). The van der Waals surface area contributed by atoms with Crippen LogP contribution in [0, 0.1) is 17.8 Å². The van der Waals surface area contributed by atoms with Crippen molar-refractivity contribution in [3.63, 3.8) is 0 Å². The number of amides is 2. The summed E-state index contributed by atoms with van der Waals surface area (Å²) in [6.45, 7) is 4.00. The third kappa shape index (κ3) is 2.18. The molecule has 21 heavy (non-hydrogen) atoms. The highest BCUT2D eigenvalue weighted by molar-refractivity contribution is 6.22. The topological polar surface area (TPSA) is 63.4 Å². The molecule has 0 radical (unpaired) electrons. The van der Waals surface area contributed by atoms with Crippen molar-refractivity contribution in [3.05, 3.63) is 29.8 Å². The van der Waals surface area contributed by atoms with Gasteiger partial charge in [-0.15, -0.1) is 0 Å². The molecule has 1 aliphatic heterocycles. The average Bonchev–Trinajstić information content (AvgIpc) is 2.99. The first-order chi connectivity index (χ1) is 10.0. The summed E-state index contributed by atoms with van der Waals surface area (Å²) in [5.41, 5.74) is 7.51. The fraction of sp³-hybridized carbons (Fsp3) is 0.529. The third-order valence-corrected chi connectivity index (χ3v) is 4.98. The molecule has 0 spiro atoms. The van der Waals surface area contributed by atoms with E-state index in [4.69, 9.17) is 5.73 Å². The molecule has 112 valence electrons. The molecule has 2 amide bonds. The Bertz CT molecular complexity index is 558. The molecule has 0 bridgehead atoms. The van der Waals surface area contributed by atoms with E-state index in [1.807, 2.05) is 31.2 Å². The number of benzene rings is 1. The first kappa shape index (κ1) is 14.3. The normalized spacial score (nSPS) is 29.9. The number of fused-ring (bicyclic) bond motifs is 1. The molecule has 2 aliphatic rings. The van der Waals surface area contributed by atoms with Crippen LogP contribution in [-0.4, -0.2) is 11.8 Å². The van der Waals surface area contributed by atoms with Crippen LogP contribution in [0.5, 0.6) is 0 Å². The summed E-state index contributed by atoms with van der Waals surface area (Å²) < 4.78 is 0. The number of para-hydroxylation sites is 1. The summed E-state index contributed by atoms with van der Waals surface area (Å²) in [5, 5.41) is 0. The summed E-state index contributed by atoms with van der Waals surface area (Å²) in [7, 11) is 0. The molecule has 3 atom stereocenters. The maximum absolute atomic E-state index is 12.7. The molecule has 4 heteroatoms. The Labute approximate surface area is 125 Å². The minimum Gasteiger partial charge on any atom is -0.324 e. The first-order valence-electron chi connectivity index (χ1n) is 7.76. The zero-order valence-corrected chi connectivity index (χ0v) is 12.6. The van der Waals surface area contributed by atoms with Gasteiger partial charge in [0.05, 0.1) is 17.5 Å². The van der Waals surface area contributed by atoms with Gasteiger partial charge in [-0.25, -0.2) is 4.90 Å². The van der Waals surface area contributed by atoms with Crippen LogP contribution < -0.4 is 10.6 Å². The molecular formula is C17H22N2O2. The van der Waals surface area contributed by atoms with Gasteiger partial charge in [0.2, 0.25) is 11.8 Å². The van der Waals surface area contributed by atoms with Crippen LogP contribution in [0.1, 0.15) is 44.7 Å². The van der Waals surface area contributed by atoms with Gasteiger partial charge in [0.15, 0.2) is 0 Å². The summed E-state index contributed by atoms with van der Waals surface area (Å²) >= 11 is 0. The quantitative estimate of drug-likeness (QED) is 0.869. The number of hydrogen-bond acceptors (Lipinski definition) is 3. The third-order valence-electron chi connectivity index (χ3n) is 4.98. The Morgan fingerprint density at radius 3 is 2.29 bits per heavy atom. The number of anilines is 1. The molecule has 2 fully saturated rings. The van der Waals surface area contributed by atoms with Crippen molar-refractivity contribution in [2.24, 2.45) is 23.5 Å². The lowest BCUT2D eigenvalue weighted by atomic mass is 10.00. The molecule has 1 aromatic rings. The maximum atomic E-state index is 12.7. The van der Waals surface area contributed by atoms with Gasteiger partial charge in [-0.05, 0) is 37.3 Å². The molecule has 1 heterocycles. The van der Waals surface area contributed by atoms with Crippen LogP contribution in [0.15, 0.2) is 24.3 Å². The van der Waals surface area contributed by atoms with E-state index in [0.717, 1.165) is 24.8 Å². The molecule has 3 unspecified atom stereocenters. The minimum absolute atomic E-state index is 0.0333. The van der Waals surface area contributed by atoms with Crippen LogP contribution in [0.2, 0.25) is 0 Å².